The van der Waals surface area contributed by atoms with Crippen molar-refractivity contribution in [2.75, 3.05) is 25.6 Å². The first-order chi connectivity index (χ1) is 8.93. The van der Waals surface area contributed by atoms with Crippen molar-refractivity contribution in [1.29, 1.82) is 0 Å². The molecule has 20 heavy (non-hydrogen) atoms. The van der Waals surface area contributed by atoms with E-state index < -0.39 is 9.84 Å². The van der Waals surface area contributed by atoms with Crippen molar-refractivity contribution in [1.82, 2.24) is 10.2 Å². The standard InChI is InChI=1S/C14H30N2O3S/c1-8-20(18,19)10-11(2)16(7)13(17)12(15-6)9-14(3,4)5/h11-12,15H,8-10H2,1-7H3. The minimum Gasteiger partial charge on any atom is -0.341 e. The molecule has 0 aromatic rings. The summed E-state index contributed by atoms with van der Waals surface area (Å²) in [5, 5.41) is 3.03. The molecule has 0 radical (unpaired) electrons. The Labute approximate surface area is 124 Å². The minimum absolute atomic E-state index is 0.0116. The van der Waals surface area contributed by atoms with Gasteiger partial charge in [-0.3, -0.25) is 4.79 Å². The van der Waals surface area contributed by atoms with Gasteiger partial charge in [0.15, 0.2) is 9.84 Å². The molecule has 0 saturated heterocycles. The van der Waals surface area contributed by atoms with Gasteiger partial charge in [-0.2, -0.15) is 0 Å². The van der Waals surface area contributed by atoms with E-state index in [0.29, 0.717) is 6.42 Å². The van der Waals surface area contributed by atoms with Crippen LogP contribution in [0.4, 0.5) is 0 Å². The molecule has 0 bridgehead atoms. The third-order valence-corrected chi connectivity index (χ3v) is 5.28. The fourth-order valence-electron chi connectivity index (χ4n) is 1.99. The van der Waals surface area contributed by atoms with Gasteiger partial charge in [-0.1, -0.05) is 27.7 Å². The lowest BCUT2D eigenvalue weighted by Gasteiger charge is -2.31. The summed E-state index contributed by atoms with van der Waals surface area (Å²) in [6.07, 6.45) is 0.708. The van der Waals surface area contributed by atoms with E-state index in [9.17, 15) is 13.2 Å². The van der Waals surface area contributed by atoms with Crippen molar-refractivity contribution in [2.45, 2.75) is 53.1 Å². The summed E-state index contributed by atoms with van der Waals surface area (Å²) in [5.41, 5.74) is 0.0307. The van der Waals surface area contributed by atoms with Gasteiger partial charge in [-0.25, -0.2) is 8.42 Å². The van der Waals surface area contributed by atoms with Gasteiger partial charge < -0.3 is 10.2 Å². The maximum Gasteiger partial charge on any atom is 0.239 e. The van der Waals surface area contributed by atoms with Gasteiger partial charge in [0, 0.05) is 18.8 Å². The van der Waals surface area contributed by atoms with Crippen LogP contribution >= 0.6 is 0 Å². The third-order valence-electron chi connectivity index (χ3n) is 3.41. The van der Waals surface area contributed by atoms with E-state index in [1.165, 1.54) is 0 Å². The smallest absolute Gasteiger partial charge is 0.239 e. The SMILES string of the molecule is CCS(=O)(=O)CC(C)N(C)C(=O)C(CC(C)(C)C)NC. The Kier molecular flexibility index (Phi) is 7.18. The van der Waals surface area contributed by atoms with Crippen molar-refractivity contribution >= 4 is 15.7 Å². The second-order valence-corrected chi connectivity index (χ2v) is 9.00. The van der Waals surface area contributed by atoms with Crippen LogP contribution < -0.4 is 5.32 Å². The number of hydrogen-bond acceptors (Lipinski definition) is 4. The summed E-state index contributed by atoms with van der Waals surface area (Å²) in [6.45, 7) is 9.63. The molecule has 0 heterocycles. The van der Waals surface area contributed by atoms with Gasteiger partial charge in [0.1, 0.15) is 0 Å². The molecule has 5 nitrogen and oxygen atoms in total. The Morgan fingerprint density at radius 2 is 1.80 bits per heavy atom. The Balaban J connectivity index is 4.82. The first-order valence-electron chi connectivity index (χ1n) is 7.08. The first kappa shape index (κ1) is 19.4. The largest absolute Gasteiger partial charge is 0.341 e. The van der Waals surface area contributed by atoms with E-state index in [2.05, 4.69) is 26.1 Å². The number of rotatable bonds is 7. The Hall–Kier alpha value is -0.620. The van der Waals surface area contributed by atoms with Gasteiger partial charge in [-0.05, 0) is 25.8 Å². The number of likely N-dealkylation sites (N-methyl/N-ethyl adjacent to an activating group) is 2. The van der Waals surface area contributed by atoms with E-state index in [4.69, 9.17) is 0 Å². The maximum atomic E-state index is 12.4. The zero-order valence-corrected chi connectivity index (χ0v) is 14.7. The zero-order chi connectivity index (χ0) is 16.1. The lowest BCUT2D eigenvalue weighted by molar-refractivity contribution is -0.134. The molecule has 0 spiro atoms. The number of nitrogens with zero attached hydrogens (tertiary/aromatic N) is 1. The van der Waals surface area contributed by atoms with Crippen LogP contribution in [0.15, 0.2) is 0 Å². The molecule has 0 fully saturated rings. The average molecular weight is 306 g/mol. The van der Waals surface area contributed by atoms with Gasteiger partial charge in [0.05, 0.1) is 11.8 Å². The molecule has 0 aromatic heterocycles. The highest BCUT2D eigenvalue weighted by Crippen LogP contribution is 2.21. The van der Waals surface area contributed by atoms with Crippen LogP contribution in [-0.2, 0) is 14.6 Å². The second kappa shape index (κ2) is 7.41. The van der Waals surface area contributed by atoms with Crippen LogP contribution in [0.5, 0.6) is 0 Å². The Morgan fingerprint density at radius 3 is 2.15 bits per heavy atom. The summed E-state index contributed by atoms with van der Waals surface area (Å²) in [7, 11) is 0.352. The molecule has 0 aromatic carbocycles. The lowest BCUT2D eigenvalue weighted by Crippen LogP contribution is -2.49. The molecular formula is C14H30N2O3S. The molecular weight excluding hydrogens is 276 g/mol. The van der Waals surface area contributed by atoms with Crippen LogP contribution in [0.1, 0.15) is 41.0 Å². The normalized spacial score (nSPS) is 15.8. The minimum atomic E-state index is -3.08. The number of carbonyl (C=O) groups excluding carboxylic acids is 1. The number of amides is 1. The summed E-state index contributed by atoms with van der Waals surface area (Å²) in [6, 6.07) is -0.602. The molecule has 0 rings (SSSR count). The molecule has 6 heteroatoms. The van der Waals surface area contributed by atoms with Crippen LogP contribution in [0.25, 0.3) is 0 Å². The fourth-order valence-corrected chi connectivity index (χ4v) is 3.18. The molecule has 1 amide bonds. The van der Waals surface area contributed by atoms with Crippen molar-refractivity contribution in [3.8, 4) is 0 Å². The number of hydrogen-bond donors (Lipinski definition) is 1. The predicted octanol–water partition coefficient (Wildman–Crippen LogP) is 1.29. The van der Waals surface area contributed by atoms with Crippen LogP contribution in [0, 0.1) is 5.41 Å². The van der Waals surface area contributed by atoms with Crippen molar-refractivity contribution in [3.63, 3.8) is 0 Å². The van der Waals surface area contributed by atoms with Crippen LogP contribution in [-0.4, -0.2) is 56.9 Å². The van der Waals surface area contributed by atoms with Gasteiger partial charge in [0.2, 0.25) is 5.91 Å². The predicted molar refractivity (Wildman–Crippen MR) is 83.5 cm³/mol. The monoisotopic (exact) mass is 306 g/mol. The highest BCUT2D eigenvalue weighted by molar-refractivity contribution is 7.91. The molecule has 0 saturated carbocycles. The molecule has 0 aliphatic rings. The number of carbonyl (C=O) groups is 1. The molecule has 2 unspecified atom stereocenters. The summed E-state index contributed by atoms with van der Waals surface area (Å²) >= 11 is 0. The van der Waals surface area contributed by atoms with E-state index in [1.54, 1.807) is 32.8 Å². The molecule has 1 N–H and O–H groups in total. The summed E-state index contributed by atoms with van der Waals surface area (Å²) in [5.74, 6) is 0.0651. The highest BCUT2D eigenvalue weighted by atomic mass is 32.2. The molecule has 0 aliphatic heterocycles. The molecule has 2 atom stereocenters. The summed E-state index contributed by atoms with van der Waals surface area (Å²) in [4.78, 5) is 14.0. The summed E-state index contributed by atoms with van der Waals surface area (Å²) < 4.78 is 23.3. The van der Waals surface area contributed by atoms with E-state index in [0.717, 1.165) is 0 Å². The molecule has 0 aliphatic carbocycles. The van der Waals surface area contributed by atoms with Crippen molar-refractivity contribution in [2.24, 2.45) is 5.41 Å². The van der Waals surface area contributed by atoms with E-state index in [-0.39, 0.29) is 34.9 Å². The Bertz CT molecular complexity index is 413. The quantitative estimate of drug-likeness (QED) is 0.770. The highest BCUT2D eigenvalue weighted by Gasteiger charge is 2.29. The van der Waals surface area contributed by atoms with Gasteiger partial charge in [0.25, 0.3) is 0 Å². The average Bonchev–Trinajstić information content (AvgIpc) is 2.32. The third kappa shape index (κ3) is 6.70. The van der Waals surface area contributed by atoms with Crippen LogP contribution in [0.2, 0.25) is 0 Å². The van der Waals surface area contributed by atoms with Gasteiger partial charge in [-0.15, -0.1) is 0 Å². The number of sulfone groups is 1. The maximum absolute atomic E-state index is 12.4. The van der Waals surface area contributed by atoms with E-state index in [1.807, 2.05) is 0 Å². The van der Waals surface area contributed by atoms with Crippen molar-refractivity contribution < 1.29 is 13.2 Å². The van der Waals surface area contributed by atoms with Gasteiger partial charge >= 0.3 is 0 Å². The Morgan fingerprint density at radius 1 is 1.30 bits per heavy atom. The first-order valence-corrected chi connectivity index (χ1v) is 8.90. The van der Waals surface area contributed by atoms with Crippen molar-refractivity contribution in [3.05, 3.63) is 0 Å². The van der Waals surface area contributed by atoms with E-state index >= 15 is 0 Å². The fraction of sp³-hybridized carbons (Fsp3) is 0.929. The second-order valence-electron chi connectivity index (χ2n) is 6.60. The zero-order valence-electron chi connectivity index (χ0n) is 13.9. The molecule has 120 valence electrons. The lowest BCUT2D eigenvalue weighted by atomic mass is 9.87. The number of nitrogens with one attached hydrogen (secondary N) is 1. The topological polar surface area (TPSA) is 66.5 Å². The van der Waals surface area contributed by atoms with Crippen LogP contribution in [0.3, 0.4) is 0 Å².